The molecule has 2 aromatic carbocycles. The van der Waals surface area contributed by atoms with Gasteiger partial charge in [0.2, 0.25) is 0 Å². The highest BCUT2D eigenvalue weighted by Crippen LogP contribution is 2.26. The lowest BCUT2D eigenvalue weighted by molar-refractivity contribution is 0.262. The first kappa shape index (κ1) is 21.4. The van der Waals surface area contributed by atoms with Gasteiger partial charge in [0.25, 0.3) is 0 Å². The molecule has 0 aliphatic carbocycles. The first-order valence-corrected chi connectivity index (χ1v) is 10.6. The zero-order valence-corrected chi connectivity index (χ0v) is 18.5. The van der Waals surface area contributed by atoms with Crippen molar-refractivity contribution in [2.75, 3.05) is 48.8 Å². The molecule has 9 heteroatoms. The van der Waals surface area contributed by atoms with Gasteiger partial charge in [-0.3, -0.25) is 0 Å². The van der Waals surface area contributed by atoms with E-state index in [1.165, 1.54) is 0 Å². The lowest BCUT2D eigenvalue weighted by Gasteiger charge is -2.32. The van der Waals surface area contributed by atoms with Crippen molar-refractivity contribution in [3.63, 3.8) is 0 Å². The van der Waals surface area contributed by atoms with E-state index in [-0.39, 0.29) is 0 Å². The van der Waals surface area contributed by atoms with Crippen molar-refractivity contribution in [3.8, 4) is 11.3 Å². The van der Waals surface area contributed by atoms with Crippen LogP contribution in [0.25, 0.3) is 11.3 Å². The number of carbonyl (C=O) groups is 1. The molecule has 1 aromatic heterocycles. The van der Waals surface area contributed by atoms with Crippen LogP contribution in [-0.4, -0.2) is 54.4 Å². The first-order valence-electron chi connectivity index (χ1n) is 9.89. The molecule has 0 unspecified atom stereocenters. The van der Waals surface area contributed by atoms with Gasteiger partial charge < -0.3 is 20.4 Å². The minimum Gasteiger partial charge on any atom is -0.353 e. The zero-order chi connectivity index (χ0) is 21.8. The van der Waals surface area contributed by atoms with Crippen LogP contribution in [-0.2, 0) is 0 Å². The SMILES string of the molecule is CN1CCN(c2ccc(-c3cccc(NC(=O)Nc4cc(Cl)ccc4Cl)c3)nn2)CC1. The summed E-state index contributed by atoms with van der Waals surface area (Å²) in [7, 11) is 2.12. The minimum absolute atomic E-state index is 0.406. The highest BCUT2D eigenvalue weighted by Gasteiger charge is 2.16. The van der Waals surface area contributed by atoms with Crippen LogP contribution in [0.4, 0.5) is 22.0 Å². The number of halogens is 2. The van der Waals surface area contributed by atoms with Crippen LogP contribution in [0.3, 0.4) is 0 Å². The number of nitrogens with zero attached hydrogens (tertiary/aromatic N) is 4. The van der Waals surface area contributed by atoms with E-state index in [9.17, 15) is 4.79 Å². The molecule has 2 heterocycles. The lowest BCUT2D eigenvalue weighted by Crippen LogP contribution is -2.44. The number of urea groups is 1. The van der Waals surface area contributed by atoms with Crippen LogP contribution in [0.2, 0.25) is 10.0 Å². The van der Waals surface area contributed by atoms with Crippen LogP contribution in [0, 0.1) is 0 Å². The van der Waals surface area contributed by atoms with Crippen molar-refractivity contribution in [2.45, 2.75) is 0 Å². The summed E-state index contributed by atoms with van der Waals surface area (Å²) < 4.78 is 0. The molecule has 31 heavy (non-hydrogen) atoms. The number of hydrogen-bond donors (Lipinski definition) is 2. The smallest absolute Gasteiger partial charge is 0.323 e. The van der Waals surface area contributed by atoms with Crippen molar-refractivity contribution in [1.82, 2.24) is 15.1 Å². The zero-order valence-electron chi connectivity index (χ0n) is 17.0. The van der Waals surface area contributed by atoms with Gasteiger partial charge in [-0.15, -0.1) is 10.2 Å². The first-order chi connectivity index (χ1) is 15.0. The summed E-state index contributed by atoms with van der Waals surface area (Å²) in [6.07, 6.45) is 0. The predicted molar refractivity (Wildman–Crippen MR) is 126 cm³/mol. The van der Waals surface area contributed by atoms with Crippen molar-refractivity contribution < 1.29 is 4.79 Å². The number of rotatable bonds is 4. The van der Waals surface area contributed by atoms with E-state index < -0.39 is 6.03 Å². The van der Waals surface area contributed by atoms with Gasteiger partial charge in [-0.1, -0.05) is 35.3 Å². The molecule has 160 valence electrons. The third-order valence-electron chi connectivity index (χ3n) is 5.07. The molecule has 2 amide bonds. The molecule has 1 aliphatic heterocycles. The molecule has 2 N–H and O–H groups in total. The molecule has 0 atom stereocenters. The fourth-order valence-electron chi connectivity index (χ4n) is 3.32. The summed E-state index contributed by atoms with van der Waals surface area (Å²) in [5.41, 5.74) is 2.65. The number of likely N-dealkylation sites (N-methyl/N-ethyl adjacent to an activating group) is 1. The van der Waals surface area contributed by atoms with Crippen molar-refractivity contribution >= 4 is 46.4 Å². The van der Waals surface area contributed by atoms with Gasteiger partial charge in [-0.05, 0) is 49.5 Å². The van der Waals surface area contributed by atoms with Crippen LogP contribution in [0.1, 0.15) is 0 Å². The van der Waals surface area contributed by atoms with Crippen molar-refractivity contribution in [2.24, 2.45) is 0 Å². The molecule has 0 saturated carbocycles. The van der Waals surface area contributed by atoms with Crippen LogP contribution in [0.15, 0.2) is 54.6 Å². The molecule has 0 bridgehead atoms. The summed E-state index contributed by atoms with van der Waals surface area (Å²) in [4.78, 5) is 16.9. The minimum atomic E-state index is -0.419. The van der Waals surface area contributed by atoms with Crippen LogP contribution < -0.4 is 15.5 Å². The van der Waals surface area contributed by atoms with Gasteiger partial charge in [0, 0.05) is 42.5 Å². The van der Waals surface area contributed by atoms with Gasteiger partial charge in [-0.2, -0.15) is 0 Å². The Morgan fingerprint density at radius 1 is 0.935 bits per heavy atom. The third kappa shape index (κ3) is 5.44. The Hall–Kier alpha value is -2.87. The monoisotopic (exact) mass is 456 g/mol. The standard InChI is InChI=1S/C22H22Cl2N6O/c1-29-9-11-30(12-10-29)21-8-7-19(27-28-21)15-3-2-4-17(13-15)25-22(31)26-20-14-16(23)5-6-18(20)24/h2-8,13-14H,9-12H2,1H3,(H2,25,26,31). The fourth-order valence-corrected chi connectivity index (χ4v) is 3.65. The number of amides is 2. The Morgan fingerprint density at radius 3 is 2.48 bits per heavy atom. The number of piperazine rings is 1. The van der Waals surface area contributed by atoms with E-state index in [1.54, 1.807) is 24.3 Å². The van der Waals surface area contributed by atoms with Gasteiger partial charge in [0.1, 0.15) is 0 Å². The summed E-state index contributed by atoms with van der Waals surface area (Å²) in [6.45, 7) is 3.91. The lowest BCUT2D eigenvalue weighted by atomic mass is 10.1. The van der Waals surface area contributed by atoms with E-state index in [0.29, 0.717) is 21.4 Å². The van der Waals surface area contributed by atoms with E-state index in [0.717, 1.165) is 43.3 Å². The van der Waals surface area contributed by atoms with E-state index in [2.05, 4.69) is 37.7 Å². The molecular formula is C22H22Cl2N6O. The average molecular weight is 457 g/mol. The van der Waals surface area contributed by atoms with Crippen molar-refractivity contribution in [1.29, 1.82) is 0 Å². The molecule has 3 aromatic rings. The number of aromatic nitrogens is 2. The molecule has 0 radical (unpaired) electrons. The summed E-state index contributed by atoms with van der Waals surface area (Å²) >= 11 is 12.1. The van der Waals surface area contributed by atoms with Crippen molar-refractivity contribution in [3.05, 3.63) is 64.6 Å². The molecule has 0 spiro atoms. The highest BCUT2D eigenvalue weighted by molar-refractivity contribution is 6.35. The maximum atomic E-state index is 12.4. The predicted octanol–water partition coefficient (Wildman–Crippen LogP) is 4.85. The number of carbonyl (C=O) groups excluding carboxylic acids is 1. The number of hydrogen-bond acceptors (Lipinski definition) is 5. The molecule has 1 saturated heterocycles. The topological polar surface area (TPSA) is 73.4 Å². The Balaban J connectivity index is 1.43. The highest BCUT2D eigenvalue weighted by atomic mass is 35.5. The Bertz CT molecular complexity index is 1070. The molecule has 1 aliphatic rings. The summed E-state index contributed by atoms with van der Waals surface area (Å²) in [5.74, 6) is 0.879. The molecule has 7 nitrogen and oxygen atoms in total. The molecule has 4 rings (SSSR count). The Labute approximate surface area is 191 Å². The maximum Gasteiger partial charge on any atom is 0.323 e. The molecule has 1 fully saturated rings. The molecular weight excluding hydrogens is 435 g/mol. The quantitative estimate of drug-likeness (QED) is 0.586. The van der Waals surface area contributed by atoms with Gasteiger partial charge in [-0.25, -0.2) is 4.79 Å². The fraction of sp³-hybridized carbons (Fsp3) is 0.227. The van der Waals surface area contributed by atoms with Gasteiger partial charge in [0.15, 0.2) is 5.82 Å². The van der Waals surface area contributed by atoms with Gasteiger partial charge >= 0.3 is 6.03 Å². The third-order valence-corrected chi connectivity index (χ3v) is 5.64. The number of anilines is 3. The van der Waals surface area contributed by atoms with Crippen LogP contribution >= 0.6 is 23.2 Å². The van der Waals surface area contributed by atoms with E-state index in [4.69, 9.17) is 23.2 Å². The van der Waals surface area contributed by atoms with E-state index >= 15 is 0 Å². The second-order valence-corrected chi connectivity index (χ2v) is 8.19. The van der Waals surface area contributed by atoms with Crippen LogP contribution in [0.5, 0.6) is 0 Å². The Kier molecular flexibility index (Phi) is 6.56. The number of nitrogens with one attached hydrogen (secondary N) is 2. The normalized spacial score (nSPS) is 14.4. The number of benzene rings is 2. The average Bonchev–Trinajstić information content (AvgIpc) is 2.77. The second-order valence-electron chi connectivity index (χ2n) is 7.35. The summed E-state index contributed by atoms with van der Waals surface area (Å²) in [5, 5.41) is 15.2. The van der Waals surface area contributed by atoms with Gasteiger partial charge in [0.05, 0.1) is 16.4 Å². The summed E-state index contributed by atoms with van der Waals surface area (Å²) in [6, 6.07) is 15.8. The largest absolute Gasteiger partial charge is 0.353 e. The van der Waals surface area contributed by atoms with E-state index in [1.807, 2.05) is 30.3 Å². The maximum absolute atomic E-state index is 12.4. The second kappa shape index (κ2) is 9.51. The Morgan fingerprint density at radius 2 is 1.74 bits per heavy atom.